The summed E-state index contributed by atoms with van der Waals surface area (Å²) in [6, 6.07) is 27.6. The molecule has 0 radical (unpaired) electrons. The molecule has 9 heteroatoms. The number of benzene rings is 4. The SMILES string of the molecule is CCNSc1cccc(C(=O)Nc2ccc(N3CCCCC3)cc2C(=O)Nc2cccc(CCc3ccc(C(=O)O)cc3)c2)c1. The highest BCUT2D eigenvalue weighted by molar-refractivity contribution is 7.97. The average molecular weight is 623 g/mol. The summed E-state index contributed by atoms with van der Waals surface area (Å²) in [6.45, 7) is 4.69. The fraction of sp³-hybridized carbons (Fsp3) is 0.250. The smallest absolute Gasteiger partial charge is 0.335 e. The van der Waals surface area contributed by atoms with E-state index in [1.807, 2.05) is 79.7 Å². The number of nitrogens with zero attached hydrogens (tertiary/aromatic N) is 1. The first-order valence-corrected chi connectivity index (χ1v) is 16.1. The normalized spacial score (nSPS) is 12.9. The highest BCUT2D eigenvalue weighted by Gasteiger charge is 2.19. The summed E-state index contributed by atoms with van der Waals surface area (Å²) >= 11 is 1.47. The lowest BCUT2D eigenvalue weighted by Gasteiger charge is -2.29. The van der Waals surface area contributed by atoms with E-state index in [2.05, 4.69) is 20.3 Å². The minimum atomic E-state index is -0.942. The summed E-state index contributed by atoms with van der Waals surface area (Å²) in [4.78, 5) is 41.5. The van der Waals surface area contributed by atoms with Gasteiger partial charge < -0.3 is 20.6 Å². The maximum atomic E-state index is 13.8. The number of nitrogens with one attached hydrogen (secondary N) is 3. The van der Waals surface area contributed by atoms with Crippen molar-refractivity contribution in [3.63, 3.8) is 0 Å². The second kappa shape index (κ2) is 15.4. The van der Waals surface area contributed by atoms with Crippen molar-refractivity contribution >= 4 is 46.8 Å². The largest absolute Gasteiger partial charge is 0.478 e. The van der Waals surface area contributed by atoms with Gasteiger partial charge in [0, 0.05) is 41.5 Å². The van der Waals surface area contributed by atoms with Crippen molar-refractivity contribution in [3.8, 4) is 0 Å². The number of hydrogen-bond acceptors (Lipinski definition) is 6. The van der Waals surface area contributed by atoms with Gasteiger partial charge in [-0.3, -0.25) is 14.3 Å². The molecule has 0 aliphatic carbocycles. The Morgan fingerprint density at radius 1 is 0.756 bits per heavy atom. The molecule has 4 aromatic rings. The zero-order valence-electron chi connectivity index (χ0n) is 25.3. The van der Waals surface area contributed by atoms with E-state index in [-0.39, 0.29) is 17.4 Å². The van der Waals surface area contributed by atoms with Crippen molar-refractivity contribution in [3.05, 3.63) is 119 Å². The summed E-state index contributed by atoms with van der Waals surface area (Å²) in [5, 5.41) is 15.2. The number of carboxylic acids is 1. The molecule has 45 heavy (non-hydrogen) atoms. The van der Waals surface area contributed by atoms with Crippen molar-refractivity contribution in [2.45, 2.75) is 43.9 Å². The Bertz CT molecular complexity index is 1650. The lowest BCUT2D eigenvalue weighted by Crippen LogP contribution is -2.29. The standard InChI is InChI=1S/C36H38N4O4S/c1-2-37-45-31-11-7-9-28(23-31)34(41)39-33-19-18-30(40-20-4-3-5-21-40)24-32(33)35(42)38-29-10-6-8-26(22-29)13-12-25-14-16-27(17-15-25)36(43)44/h6-11,14-19,22-24,37H,2-5,12-13,20-21H2,1H3,(H,38,42)(H,39,41)(H,43,44). The van der Waals surface area contributed by atoms with Gasteiger partial charge in [0.15, 0.2) is 0 Å². The van der Waals surface area contributed by atoms with Crippen molar-refractivity contribution in [2.75, 3.05) is 35.2 Å². The third-order valence-corrected chi connectivity index (χ3v) is 8.66. The number of hydrogen-bond donors (Lipinski definition) is 4. The van der Waals surface area contributed by atoms with Crippen LogP contribution in [0.2, 0.25) is 0 Å². The highest BCUT2D eigenvalue weighted by atomic mass is 32.2. The number of piperidine rings is 1. The van der Waals surface area contributed by atoms with E-state index in [1.165, 1.54) is 18.4 Å². The molecule has 8 nitrogen and oxygen atoms in total. The summed E-state index contributed by atoms with van der Waals surface area (Å²) in [5.41, 5.74) is 5.32. The maximum absolute atomic E-state index is 13.8. The zero-order valence-corrected chi connectivity index (χ0v) is 26.2. The van der Waals surface area contributed by atoms with Crippen molar-refractivity contribution in [2.24, 2.45) is 0 Å². The topological polar surface area (TPSA) is 111 Å². The Kier molecular flexibility index (Phi) is 10.9. The van der Waals surface area contributed by atoms with Crippen molar-refractivity contribution in [1.82, 2.24) is 4.72 Å². The van der Waals surface area contributed by atoms with Crippen LogP contribution < -0.4 is 20.3 Å². The van der Waals surface area contributed by atoms with Crippen LogP contribution in [0.3, 0.4) is 0 Å². The van der Waals surface area contributed by atoms with Crippen molar-refractivity contribution < 1.29 is 19.5 Å². The van der Waals surface area contributed by atoms with Gasteiger partial charge >= 0.3 is 5.97 Å². The summed E-state index contributed by atoms with van der Waals surface area (Å²) in [6.07, 6.45) is 4.88. The van der Waals surface area contributed by atoms with Gasteiger partial charge in [-0.05, 0) is 116 Å². The Labute approximate surface area is 268 Å². The first-order valence-electron chi connectivity index (χ1n) is 15.3. The number of aryl methyl sites for hydroxylation is 2. The van der Waals surface area contributed by atoms with Gasteiger partial charge in [-0.25, -0.2) is 4.79 Å². The lowest BCUT2D eigenvalue weighted by molar-refractivity contribution is 0.0696. The van der Waals surface area contributed by atoms with Gasteiger partial charge in [-0.1, -0.05) is 37.3 Å². The first-order chi connectivity index (χ1) is 21.9. The van der Waals surface area contributed by atoms with Gasteiger partial charge in [-0.15, -0.1) is 0 Å². The Balaban J connectivity index is 1.33. The molecule has 5 rings (SSSR count). The average Bonchev–Trinajstić information content (AvgIpc) is 3.07. The molecule has 1 aliphatic rings. The molecular formula is C36H38N4O4S. The lowest BCUT2D eigenvalue weighted by atomic mass is 10.0. The molecule has 4 N–H and O–H groups in total. The molecule has 0 unspecified atom stereocenters. The molecule has 1 fully saturated rings. The number of carbonyl (C=O) groups excluding carboxylic acids is 2. The third kappa shape index (κ3) is 8.74. The fourth-order valence-corrected chi connectivity index (χ4v) is 5.98. The summed E-state index contributed by atoms with van der Waals surface area (Å²) < 4.78 is 3.20. The van der Waals surface area contributed by atoms with E-state index in [4.69, 9.17) is 5.11 Å². The molecule has 1 aliphatic heterocycles. The molecule has 232 valence electrons. The van der Waals surface area contributed by atoms with E-state index in [0.29, 0.717) is 22.5 Å². The predicted octanol–water partition coefficient (Wildman–Crippen LogP) is 7.28. The molecule has 1 heterocycles. The van der Waals surface area contributed by atoms with Gasteiger partial charge in [0.25, 0.3) is 11.8 Å². The number of anilines is 3. The zero-order chi connectivity index (χ0) is 31.6. The predicted molar refractivity (Wildman–Crippen MR) is 182 cm³/mol. The minimum absolute atomic E-state index is 0.264. The molecule has 2 amide bonds. The fourth-order valence-electron chi connectivity index (χ4n) is 5.33. The quantitative estimate of drug-likeness (QED) is 0.123. The number of carboxylic acid groups (broad SMARTS) is 1. The van der Waals surface area contributed by atoms with Crippen LogP contribution in [0, 0.1) is 0 Å². The molecule has 0 bridgehead atoms. The maximum Gasteiger partial charge on any atom is 0.335 e. The van der Waals surface area contributed by atoms with Gasteiger partial charge in [0.05, 0.1) is 16.8 Å². The number of amides is 2. The van der Waals surface area contributed by atoms with E-state index in [0.717, 1.165) is 67.0 Å². The van der Waals surface area contributed by atoms with E-state index in [1.54, 1.807) is 18.2 Å². The van der Waals surface area contributed by atoms with Crippen LogP contribution in [-0.4, -0.2) is 42.5 Å². The molecule has 0 spiro atoms. The Hall–Kier alpha value is -4.60. The van der Waals surface area contributed by atoms with Crippen molar-refractivity contribution in [1.29, 1.82) is 0 Å². The van der Waals surface area contributed by atoms with Crippen LogP contribution >= 0.6 is 11.9 Å². The Morgan fingerprint density at radius 3 is 2.27 bits per heavy atom. The molecule has 0 saturated carbocycles. The van der Waals surface area contributed by atoms with Gasteiger partial charge in [-0.2, -0.15) is 0 Å². The molecule has 0 atom stereocenters. The van der Waals surface area contributed by atoms with Crippen LogP contribution in [0.5, 0.6) is 0 Å². The minimum Gasteiger partial charge on any atom is -0.478 e. The highest BCUT2D eigenvalue weighted by Crippen LogP contribution is 2.28. The second-order valence-corrected chi connectivity index (χ2v) is 12.0. The van der Waals surface area contributed by atoms with Gasteiger partial charge in [0.1, 0.15) is 0 Å². The first kappa shape index (κ1) is 31.8. The molecule has 1 saturated heterocycles. The van der Waals surface area contributed by atoms with Crippen LogP contribution in [0.15, 0.2) is 95.9 Å². The van der Waals surface area contributed by atoms with Crippen LogP contribution in [0.25, 0.3) is 0 Å². The molecule has 4 aromatic carbocycles. The number of aromatic carboxylic acids is 1. The van der Waals surface area contributed by atoms with E-state index < -0.39 is 5.97 Å². The van der Waals surface area contributed by atoms with E-state index in [9.17, 15) is 14.4 Å². The summed E-state index contributed by atoms with van der Waals surface area (Å²) in [7, 11) is 0. The van der Waals surface area contributed by atoms with Crippen LogP contribution in [0.4, 0.5) is 17.1 Å². The van der Waals surface area contributed by atoms with Gasteiger partial charge in [0.2, 0.25) is 0 Å². The second-order valence-electron chi connectivity index (χ2n) is 11.0. The molecular weight excluding hydrogens is 584 g/mol. The van der Waals surface area contributed by atoms with Crippen LogP contribution in [0.1, 0.15) is 68.4 Å². The van der Waals surface area contributed by atoms with Crippen LogP contribution in [-0.2, 0) is 12.8 Å². The third-order valence-electron chi connectivity index (χ3n) is 7.74. The number of carbonyl (C=O) groups is 3. The Morgan fingerprint density at radius 2 is 1.51 bits per heavy atom. The molecule has 0 aromatic heterocycles. The monoisotopic (exact) mass is 622 g/mol. The summed E-state index contributed by atoms with van der Waals surface area (Å²) in [5.74, 6) is -1.53. The van der Waals surface area contributed by atoms with E-state index >= 15 is 0 Å². The number of rotatable bonds is 12.